The van der Waals surface area contributed by atoms with Crippen LogP contribution in [0.3, 0.4) is 0 Å². The summed E-state index contributed by atoms with van der Waals surface area (Å²) in [5.41, 5.74) is 7.90. The highest BCUT2D eigenvalue weighted by Gasteiger charge is 2.43. The third-order valence-electron chi connectivity index (χ3n) is 6.50. The average molecular weight is 551 g/mol. The molecule has 1 aliphatic heterocycles. The largest absolute Gasteiger partial charge is 0.466 e. The molecule has 1 heterocycles. The van der Waals surface area contributed by atoms with Gasteiger partial charge in [-0.3, -0.25) is 14.5 Å². The third kappa shape index (κ3) is 5.55. The van der Waals surface area contributed by atoms with Gasteiger partial charge in [0.15, 0.2) is 5.78 Å². The molecule has 1 unspecified atom stereocenters. The lowest BCUT2D eigenvalue weighted by Gasteiger charge is -2.36. The zero-order valence-electron chi connectivity index (χ0n) is 22.5. The number of nitriles is 1. The van der Waals surface area contributed by atoms with Crippen molar-refractivity contribution >= 4 is 35.0 Å². The fraction of sp³-hybridized carbons (Fsp3) is 0.129. The molecule has 4 rings (SSSR count). The number of esters is 2. The van der Waals surface area contributed by atoms with Crippen LogP contribution in [0.25, 0.3) is 0 Å². The zero-order chi connectivity index (χ0) is 29.7. The van der Waals surface area contributed by atoms with Gasteiger partial charge in [-0.25, -0.2) is 9.59 Å². The minimum atomic E-state index is -1.01. The van der Waals surface area contributed by atoms with E-state index in [1.807, 2.05) is 0 Å². The Kier molecular flexibility index (Phi) is 8.29. The summed E-state index contributed by atoms with van der Waals surface area (Å²) in [4.78, 5) is 52.6. The van der Waals surface area contributed by atoms with E-state index in [4.69, 9.17) is 15.2 Å². The summed E-state index contributed by atoms with van der Waals surface area (Å²) in [5.74, 6) is -3.56. The molecule has 0 fully saturated rings. The number of hydrogen-bond acceptors (Lipinski definition) is 9. The van der Waals surface area contributed by atoms with Gasteiger partial charge in [0.2, 0.25) is 0 Å². The average Bonchev–Trinajstić information content (AvgIpc) is 3.00. The fourth-order valence-electron chi connectivity index (χ4n) is 4.59. The highest BCUT2D eigenvalue weighted by atomic mass is 16.5. The minimum absolute atomic E-state index is 0.000144. The molecule has 0 saturated heterocycles. The molecule has 3 aromatic carbocycles. The van der Waals surface area contributed by atoms with E-state index in [1.54, 1.807) is 66.7 Å². The second-order valence-corrected chi connectivity index (χ2v) is 8.98. The van der Waals surface area contributed by atoms with Crippen molar-refractivity contribution in [2.75, 3.05) is 24.4 Å². The Balaban J connectivity index is 1.87. The van der Waals surface area contributed by atoms with Gasteiger partial charge in [0.05, 0.1) is 37.4 Å². The van der Waals surface area contributed by atoms with Gasteiger partial charge in [-0.2, -0.15) is 5.26 Å². The number of anilines is 2. The number of ether oxygens (including phenoxy) is 2. The maximum Gasteiger partial charge on any atom is 0.355 e. The predicted octanol–water partition coefficient (Wildman–Crippen LogP) is 4.04. The number of allylic oxidation sites excluding steroid dienone is 1. The van der Waals surface area contributed by atoms with E-state index < -0.39 is 23.8 Å². The number of benzene rings is 3. The van der Waals surface area contributed by atoms with Crippen molar-refractivity contribution < 1.29 is 28.7 Å². The van der Waals surface area contributed by atoms with Gasteiger partial charge in [-0.15, -0.1) is 0 Å². The number of ketones is 1. The smallest absolute Gasteiger partial charge is 0.355 e. The van der Waals surface area contributed by atoms with Crippen molar-refractivity contribution in [3.05, 3.63) is 118 Å². The molecule has 1 atom stereocenters. The van der Waals surface area contributed by atoms with Crippen LogP contribution in [0.15, 0.2) is 102 Å². The monoisotopic (exact) mass is 550 g/mol. The number of hydrogen-bond donors (Lipinski definition) is 2. The number of nitrogens with two attached hydrogens (primary N) is 1. The molecule has 3 aromatic rings. The molecule has 10 heteroatoms. The van der Waals surface area contributed by atoms with Crippen molar-refractivity contribution in [3.63, 3.8) is 0 Å². The Morgan fingerprint density at radius 3 is 2.17 bits per heavy atom. The lowest BCUT2D eigenvalue weighted by molar-refractivity contribution is -0.139. The molecule has 206 valence electrons. The van der Waals surface area contributed by atoms with Crippen LogP contribution in [0.1, 0.15) is 39.1 Å². The van der Waals surface area contributed by atoms with Crippen LogP contribution in [0.2, 0.25) is 0 Å². The van der Waals surface area contributed by atoms with Crippen molar-refractivity contribution in [2.45, 2.75) is 12.8 Å². The number of nitrogens with one attached hydrogen (secondary N) is 1. The van der Waals surface area contributed by atoms with Crippen LogP contribution in [0.5, 0.6) is 0 Å². The Morgan fingerprint density at radius 1 is 0.878 bits per heavy atom. The minimum Gasteiger partial charge on any atom is -0.466 e. The van der Waals surface area contributed by atoms with Crippen molar-refractivity contribution in [2.24, 2.45) is 5.73 Å². The Hall–Kier alpha value is -5.69. The molecule has 0 saturated carbocycles. The summed E-state index contributed by atoms with van der Waals surface area (Å²) in [7, 11) is 2.31. The Bertz CT molecular complexity index is 1650. The third-order valence-corrected chi connectivity index (χ3v) is 6.50. The molecule has 0 spiro atoms. The van der Waals surface area contributed by atoms with Crippen molar-refractivity contribution in [3.8, 4) is 6.07 Å². The van der Waals surface area contributed by atoms with E-state index >= 15 is 0 Å². The van der Waals surface area contributed by atoms with Crippen molar-refractivity contribution in [1.29, 1.82) is 5.26 Å². The standard InChI is InChI=1S/C31H26N4O6/c1-18(36)20-11-7-13-22(15-20)34-29(37)21-12-8-14-23(16-21)35-27(31(39)41-3)26(30(38)40-2)25(24(17-32)28(35)33)19-9-5-4-6-10-19/h4-16,25H,33H2,1-3H3,(H,34,37). The fourth-order valence-corrected chi connectivity index (χ4v) is 4.59. The molecule has 1 amide bonds. The summed E-state index contributed by atoms with van der Waals surface area (Å²) in [6.07, 6.45) is 0. The molecule has 41 heavy (non-hydrogen) atoms. The molecular formula is C31H26N4O6. The summed E-state index contributed by atoms with van der Waals surface area (Å²) in [6.45, 7) is 1.42. The van der Waals surface area contributed by atoms with Gasteiger partial charge < -0.3 is 20.5 Å². The van der Waals surface area contributed by atoms with Gasteiger partial charge >= 0.3 is 11.9 Å². The maximum absolute atomic E-state index is 13.2. The van der Waals surface area contributed by atoms with Crippen LogP contribution in [0, 0.1) is 11.3 Å². The number of nitrogens with zero attached hydrogens (tertiary/aromatic N) is 2. The van der Waals surface area contributed by atoms with Gasteiger partial charge in [-0.1, -0.05) is 48.5 Å². The van der Waals surface area contributed by atoms with E-state index in [0.717, 1.165) is 14.2 Å². The van der Waals surface area contributed by atoms with Gasteiger partial charge in [0.25, 0.3) is 5.91 Å². The quantitative estimate of drug-likeness (QED) is 0.328. The molecule has 3 N–H and O–H groups in total. The van der Waals surface area contributed by atoms with Gasteiger partial charge in [-0.05, 0) is 42.8 Å². The van der Waals surface area contributed by atoms with E-state index in [2.05, 4.69) is 11.4 Å². The van der Waals surface area contributed by atoms with Crippen LogP contribution in [0.4, 0.5) is 11.4 Å². The van der Waals surface area contributed by atoms with Crippen LogP contribution in [-0.2, 0) is 19.1 Å². The molecule has 10 nitrogen and oxygen atoms in total. The second-order valence-electron chi connectivity index (χ2n) is 8.98. The molecule has 0 bridgehead atoms. The van der Waals surface area contributed by atoms with Crippen LogP contribution >= 0.6 is 0 Å². The highest BCUT2D eigenvalue weighted by Crippen LogP contribution is 2.43. The number of Topliss-reactive ketones (excluding diaryl/α,β-unsaturated/α-hetero) is 1. The summed E-state index contributed by atoms with van der Waals surface area (Å²) >= 11 is 0. The first kappa shape index (κ1) is 28.3. The van der Waals surface area contributed by atoms with Gasteiger partial charge in [0.1, 0.15) is 11.5 Å². The Morgan fingerprint density at radius 2 is 1.54 bits per heavy atom. The molecule has 0 aromatic heterocycles. The number of methoxy groups -OCH3 is 2. The van der Waals surface area contributed by atoms with E-state index in [9.17, 15) is 24.4 Å². The molecule has 1 aliphatic rings. The molecule has 0 radical (unpaired) electrons. The highest BCUT2D eigenvalue weighted by molar-refractivity contribution is 6.08. The number of carbonyl (C=O) groups excluding carboxylic acids is 4. The number of rotatable bonds is 7. The van der Waals surface area contributed by atoms with E-state index in [0.29, 0.717) is 16.8 Å². The molecular weight excluding hydrogens is 524 g/mol. The van der Waals surface area contributed by atoms with E-state index in [1.165, 1.54) is 24.0 Å². The SMILES string of the molecule is COC(=O)C1=C(C(=O)OC)N(c2cccc(C(=O)Nc3cccc(C(C)=O)c3)c2)C(N)=C(C#N)C1c1ccccc1. The summed E-state index contributed by atoms with van der Waals surface area (Å²) in [5, 5.41) is 12.9. The Labute approximate surface area is 236 Å². The normalized spacial score (nSPS) is 14.7. The number of carbonyl (C=O) groups is 4. The topological polar surface area (TPSA) is 152 Å². The first-order chi connectivity index (χ1) is 19.7. The zero-order valence-corrected chi connectivity index (χ0v) is 22.5. The lowest BCUT2D eigenvalue weighted by atomic mass is 9.81. The maximum atomic E-state index is 13.2. The van der Waals surface area contributed by atoms with Gasteiger partial charge in [0, 0.05) is 22.5 Å². The van der Waals surface area contributed by atoms with Crippen LogP contribution < -0.4 is 16.0 Å². The number of amides is 1. The second kappa shape index (κ2) is 12.0. The lowest BCUT2D eigenvalue weighted by Crippen LogP contribution is -2.40. The first-order valence-corrected chi connectivity index (χ1v) is 12.4. The summed E-state index contributed by atoms with van der Waals surface area (Å²) < 4.78 is 10.1. The van der Waals surface area contributed by atoms with E-state index in [-0.39, 0.29) is 39.7 Å². The first-order valence-electron chi connectivity index (χ1n) is 12.4. The predicted molar refractivity (Wildman–Crippen MR) is 150 cm³/mol. The molecule has 0 aliphatic carbocycles. The van der Waals surface area contributed by atoms with Crippen molar-refractivity contribution in [1.82, 2.24) is 0 Å². The van der Waals surface area contributed by atoms with Crippen LogP contribution in [-0.4, -0.2) is 37.8 Å². The summed E-state index contributed by atoms with van der Waals surface area (Å²) in [6, 6.07) is 23.3.